The van der Waals surface area contributed by atoms with Gasteiger partial charge >= 0.3 is 0 Å². The lowest BCUT2D eigenvalue weighted by molar-refractivity contribution is 0.192. The fraction of sp³-hybridized carbons (Fsp3) is 0.800. The molecule has 2 heterocycles. The van der Waals surface area contributed by atoms with Gasteiger partial charge in [-0.2, -0.15) is 5.10 Å². The molecule has 15 heavy (non-hydrogen) atoms. The average molecular weight is 227 g/mol. The van der Waals surface area contributed by atoms with Crippen LogP contribution in [0, 0.1) is 10.7 Å². The van der Waals surface area contributed by atoms with Gasteiger partial charge in [-0.05, 0) is 24.6 Å². The molecule has 1 N–H and O–H groups in total. The summed E-state index contributed by atoms with van der Waals surface area (Å²) in [6, 6.07) is 0. The van der Waals surface area contributed by atoms with E-state index in [2.05, 4.69) is 28.6 Å². The number of nitrogens with one attached hydrogen (secondary N) is 1. The standard InChI is InChI=1S/C10H17N3OS/c1-7(2)5-13-9(11-12-10(13)15)8-3-4-14-6-8/h7-8H,3-6H2,1-2H3,(H,12,15). The molecule has 1 unspecified atom stereocenters. The molecule has 1 aliphatic rings. The van der Waals surface area contributed by atoms with E-state index in [9.17, 15) is 0 Å². The summed E-state index contributed by atoms with van der Waals surface area (Å²) < 4.78 is 8.22. The molecule has 84 valence electrons. The Morgan fingerprint density at radius 3 is 3.07 bits per heavy atom. The number of ether oxygens (including phenoxy) is 1. The van der Waals surface area contributed by atoms with Crippen LogP contribution in [-0.2, 0) is 11.3 Å². The smallest absolute Gasteiger partial charge is 0.195 e. The van der Waals surface area contributed by atoms with Crippen LogP contribution in [0.25, 0.3) is 0 Å². The largest absolute Gasteiger partial charge is 0.381 e. The third-order valence-electron chi connectivity index (χ3n) is 2.63. The lowest BCUT2D eigenvalue weighted by Crippen LogP contribution is -2.12. The van der Waals surface area contributed by atoms with E-state index in [1.165, 1.54) is 0 Å². The summed E-state index contributed by atoms with van der Waals surface area (Å²) in [5.74, 6) is 2.05. The van der Waals surface area contributed by atoms with Gasteiger partial charge in [-0.15, -0.1) is 0 Å². The Labute approximate surface area is 94.6 Å². The minimum Gasteiger partial charge on any atom is -0.381 e. The number of hydrogen-bond donors (Lipinski definition) is 1. The van der Waals surface area contributed by atoms with Gasteiger partial charge in [0.25, 0.3) is 0 Å². The maximum Gasteiger partial charge on any atom is 0.195 e. The van der Waals surface area contributed by atoms with Crippen molar-refractivity contribution in [1.82, 2.24) is 14.8 Å². The molecule has 0 aliphatic carbocycles. The minimum atomic E-state index is 0.414. The summed E-state index contributed by atoms with van der Waals surface area (Å²) in [5.41, 5.74) is 0. The van der Waals surface area contributed by atoms with Crippen molar-refractivity contribution in [2.75, 3.05) is 13.2 Å². The topological polar surface area (TPSA) is 42.8 Å². The monoisotopic (exact) mass is 227 g/mol. The Morgan fingerprint density at radius 2 is 2.47 bits per heavy atom. The summed E-state index contributed by atoms with van der Waals surface area (Å²) in [4.78, 5) is 0. The van der Waals surface area contributed by atoms with E-state index in [4.69, 9.17) is 17.0 Å². The normalized spacial score (nSPS) is 21.4. The van der Waals surface area contributed by atoms with E-state index in [0.29, 0.717) is 11.8 Å². The number of aromatic amines is 1. The van der Waals surface area contributed by atoms with Crippen molar-refractivity contribution < 1.29 is 4.74 Å². The number of rotatable bonds is 3. The molecule has 0 bridgehead atoms. The summed E-state index contributed by atoms with van der Waals surface area (Å²) >= 11 is 5.23. The third kappa shape index (κ3) is 2.29. The molecule has 1 aromatic heterocycles. The van der Waals surface area contributed by atoms with Gasteiger partial charge in [0, 0.05) is 19.1 Å². The van der Waals surface area contributed by atoms with E-state index in [1.807, 2.05) is 0 Å². The van der Waals surface area contributed by atoms with Crippen LogP contribution in [0.4, 0.5) is 0 Å². The summed E-state index contributed by atoms with van der Waals surface area (Å²) in [6.45, 7) is 6.91. The van der Waals surface area contributed by atoms with Crippen LogP contribution in [0.15, 0.2) is 0 Å². The van der Waals surface area contributed by atoms with Crippen molar-refractivity contribution in [3.63, 3.8) is 0 Å². The maximum atomic E-state index is 5.38. The van der Waals surface area contributed by atoms with Gasteiger partial charge in [0.1, 0.15) is 5.82 Å². The lowest BCUT2D eigenvalue weighted by Gasteiger charge is -2.12. The van der Waals surface area contributed by atoms with Crippen LogP contribution in [0.1, 0.15) is 32.0 Å². The lowest BCUT2D eigenvalue weighted by atomic mass is 10.1. The zero-order chi connectivity index (χ0) is 10.8. The molecular weight excluding hydrogens is 210 g/mol. The molecule has 1 atom stereocenters. The molecule has 0 amide bonds. The van der Waals surface area contributed by atoms with Crippen LogP contribution in [-0.4, -0.2) is 28.0 Å². The average Bonchev–Trinajstić information content (AvgIpc) is 2.76. The highest BCUT2D eigenvalue weighted by atomic mass is 32.1. The van der Waals surface area contributed by atoms with Gasteiger partial charge < -0.3 is 9.30 Å². The zero-order valence-electron chi connectivity index (χ0n) is 9.19. The molecule has 1 aromatic rings. The fourth-order valence-electron chi connectivity index (χ4n) is 1.92. The van der Waals surface area contributed by atoms with E-state index < -0.39 is 0 Å². The van der Waals surface area contributed by atoms with Crippen molar-refractivity contribution in [2.24, 2.45) is 5.92 Å². The van der Waals surface area contributed by atoms with Gasteiger partial charge in [-0.3, -0.25) is 5.10 Å². The first-order chi connectivity index (χ1) is 7.18. The first kappa shape index (κ1) is 10.8. The highest BCUT2D eigenvalue weighted by Crippen LogP contribution is 2.24. The Bertz CT molecular complexity index is 376. The van der Waals surface area contributed by atoms with Gasteiger partial charge in [0.05, 0.1) is 6.61 Å². The van der Waals surface area contributed by atoms with Crippen LogP contribution < -0.4 is 0 Å². The third-order valence-corrected chi connectivity index (χ3v) is 2.94. The number of aromatic nitrogens is 3. The SMILES string of the molecule is CC(C)Cn1c(C2CCOC2)n[nH]c1=S. The van der Waals surface area contributed by atoms with Crippen molar-refractivity contribution in [3.05, 3.63) is 10.6 Å². The minimum absolute atomic E-state index is 0.414. The molecule has 5 heteroatoms. The predicted octanol–water partition coefficient (Wildman–Crippen LogP) is 2.10. The van der Waals surface area contributed by atoms with Crippen molar-refractivity contribution >= 4 is 12.2 Å². The number of nitrogens with zero attached hydrogens (tertiary/aromatic N) is 2. The van der Waals surface area contributed by atoms with Crippen LogP contribution in [0.2, 0.25) is 0 Å². The summed E-state index contributed by atoms with van der Waals surface area (Å²) in [5, 5.41) is 7.20. The van der Waals surface area contributed by atoms with Crippen molar-refractivity contribution in [2.45, 2.75) is 32.7 Å². The quantitative estimate of drug-likeness (QED) is 0.804. The van der Waals surface area contributed by atoms with Gasteiger partial charge in [0.2, 0.25) is 0 Å². The van der Waals surface area contributed by atoms with E-state index >= 15 is 0 Å². The second-order valence-corrected chi connectivity index (χ2v) is 4.84. The molecule has 2 rings (SSSR count). The highest BCUT2D eigenvalue weighted by molar-refractivity contribution is 7.71. The molecule has 1 aliphatic heterocycles. The molecule has 0 aromatic carbocycles. The van der Waals surface area contributed by atoms with Crippen molar-refractivity contribution in [1.29, 1.82) is 0 Å². The van der Waals surface area contributed by atoms with Crippen molar-refractivity contribution in [3.8, 4) is 0 Å². The molecule has 4 nitrogen and oxygen atoms in total. The Kier molecular flexibility index (Phi) is 3.21. The first-order valence-electron chi connectivity index (χ1n) is 5.41. The number of H-pyrrole nitrogens is 1. The molecule has 0 saturated carbocycles. The predicted molar refractivity (Wildman–Crippen MR) is 60.4 cm³/mol. The molecule has 1 saturated heterocycles. The molecule has 0 spiro atoms. The van der Waals surface area contributed by atoms with Gasteiger partial charge in [-0.1, -0.05) is 13.8 Å². The summed E-state index contributed by atoms with van der Waals surface area (Å²) in [6.07, 6.45) is 1.05. The van der Waals surface area contributed by atoms with E-state index in [1.54, 1.807) is 0 Å². The van der Waals surface area contributed by atoms with Crippen LogP contribution in [0.5, 0.6) is 0 Å². The molecular formula is C10H17N3OS. The summed E-state index contributed by atoms with van der Waals surface area (Å²) in [7, 11) is 0. The van der Waals surface area contributed by atoms with E-state index in [-0.39, 0.29) is 0 Å². The highest BCUT2D eigenvalue weighted by Gasteiger charge is 2.23. The number of hydrogen-bond acceptors (Lipinski definition) is 3. The first-order valence-corrected chi connectivity index (χ1v) is 5.82. The van der Waals surface area contributed by atoms with Crippen LogP contribution in [0.3, 0.4) is 0 Å². The van der Waals surface area contributed by atoms with Crippen LogP contribution >= 0.6 is 12.2 Å². The van der Waals surface area contributed by atoms with E-state index in [0.717, 1.165) is 36.8 Å². The fourth-order valence-corrected chi connectivity index (χ4v) is 2.13. The molecule has 1 fully saturated rings. The second-order valence-electron chi connectivity index (χ2n) is 4.45. The Morgan fingerprint density at radius 1 is 1.67 bits per heavy atom. The second kappa shape index (κ2) is 4.45. The zero-order valence-corrected chi connectivity index (χ0v) is 10.0. The Balaban J connectivity index is 2.26. The molecule has 0 radical (unpaired) electrons. The van der Waals surface area contributed by atoms with Gasteiger partial charge in [-0.25, -0.2) is 0 Å². The van der Waals surface area contributed by atoms with Gasteiger partial charge in [0.15, 0.2) is 4.77 Å². The Hall–Kier alpha value is -0.680. The maximum absolute atomic E-state index is 5.38.